The van der Waals surface area contributed by atoms with Gasteiger partial charge in [0.25, 0.3) is 0 Å². The molecule has 0 fully saturated rings. The molecular formula is C18H23NO2. The molecule has 0 bridgehead atoms. The van der Waals surface area contributed by atoms with Gasteiger partial charge in [-0.05, 0) is 57.0 Å². The molecule has 1 aliphatic heterocycles. The fourth-order valence-corrected chi connectivity index (χ4v) is 2.73. The van der Waals surface area contributed by atoms with Gasteiger partial charge >= 0.3 is 0 Å². The highest BCUT2D eigenvalue weighted by atomic mass is 16.5. The normalized spacial score (nSPS) is 16.6. The Morgan fingerprint density at radius 3 is 2.95 bits per heavy atom. The van der Waals surface area contributed by atoms with Crippen molar-refractivity contribution in [2.75, 3.05) is 13.2 Å². The molecule has 0 amide bonds. The second kappa shape index (κ2) is 6.35. The Labute approximate surface area is 126 Å². The summed E-state index contributed by atoms with van der Waals surface area (Å²) in [6, 6.07) is 8.45. The minimum atomic E-state index is 0.0259. The van der Waals surface area contributed by atoms with E-state index in [1.54, 1.807) is 0 Å². The van der Waals surface area contributed by atoms with Gasteiger partial charge in [-0.25, -0.2) is 0 Å². The van der Waals surface area contributed by atoms with Crippen LogP contribution in [-0.2, 0) is 4.74 Å². The zero-order valence-electron chi connectivity index (χ0n) is 12.8. The van der Waals surface area contributed by atoms with Crippen LogP contribution in [0.25, 0.3) is 11.0 Å². The maximum absolute atomic E-state index is 6.05. The summed E-state index contributed by atoms with van der Waals surface area (Å²) in [6.45, 7) is 6.02. The third-order valence-corrected chi connectivity index (χ3v) is 3.82. The third kappa shape index (κ3) is 3.13. The summed E-state index contributed by atoms with van der Waals surface area (Å²) >= 11 is 0. The first-order chi connectivity index (χ1) is 10.3. The van der Waals surface area contributed by atoms with E-state index in [9.17, 15) is 0 Å². The number of aryl methyl sites for hydroxylation is 1. The fraction of sp³-hybridized carbons (Fsp3) is 0.444. The van der Waals surface area contributed by atoms with Gasteiger partial charge in [0, 0.05) is 5.39 Å². The monoisotopic (exact) mass is 285 g/mol. The van der Waals surface area contributed by atoms with Gasteiger partial charge in [0.05, 0.1) is 6.61 Å². The molecular weight excluding hydrogens is 262 g/mol. The average Bonchev–Trinajstić information content (AvgIpc) is 2.91. The number of fused-ring (bicyclic) bond motifs is 1. The Kier molecular flexibility index (Phi) is 4.30. The molecule has 0 aliphatic carbocycles. The summed E-state index contributed by atoms with van der Waals surface area (Å²) in [4.78, 5) is 0. The molecule has 112 valence electrons. The van der Waals surface area contributed by atoms with E-state index in [0.717, 1.165) is 54.9 Å². The van der Waals surface area contributed by atoms with Gasteiger partial charge in [-0.1, -0.05) is 18.6 Å². The quantitative estimate of drug-likeness (QED) is 0.879. The second-order valence-corrected chi connectivity index (χ2v) is 5.67. The van der Waals surface area contributed by atoms with Crippen LogP contribution in [0.1, 0.15) is 43.6 Å². The van der Waals surface area contributed by atoms with Crippen LogP contribution in [0.4, 0.5) is 0 Å². The van der Waals surface area contributed by atoms with Crippen LogP contribution in [0.3, 0.4) is 0 Å². The molecule has 3 nitrogen and oxygen atoms in total. The van der Waals surface area contributed by atoms with Crippen molar-refractivity contribution in [2.45, 2.75) is 39.2 Å². The lowest BCUT2D eigenvalue weighted by Gasteiger charge is -2.23. The van der Waals surface area contributed by atoms with Gasteiger partial charge in [0.15, 0.2) is 0 Å². The van der Waals surface area contributed by atoms with Gasteiger partial charge in [-0.2, -0.15) is 0 Å². The van der Waals surface area contributed by atoms with Gasteiger partial charge in [0.1, 0.15) is 23.1 Å². The lowest BCUT2D eigenvalue weighted by atomic mass is 10.1. The van der Waals surface area contributed by atoms with Crippen molar-refractivity contribution in [2.24, 2.45) is 0 Å². The Balaban J connectivity index is 1.94. The molecule has 3 rings (SSSR count). The third-order valence-electron chi connectivity index (χ3n) is 3.82. The van der Waals surface area contributed by atoms with Crippen LogP contribution in [0.15, 0.2) is 40.5 Å². The van der Waals surface area contributed by atoms with E-state index in [2.05, 4.69) is 43.4 Å². The highest BCUT2D eigenvalue weighted by molar-refractivity contribution is 5.78. The number of ether oxygens (including phenoxy) is 1. The van der Waals surface area contributed by atoms with Crippen LogP contribution in [0, 0.1) is 6.92 Å². The fourth-order valence-electron chi connectivity index (χ4n) is 2.73. The molecule has 1 aromatic heterocycles. The van der Waals surface area contributed by atoms with E-state index in [0.29, 0.717) is 0 Å². The van der Waals surface area contributed by atoms with E-state index in [1.807, 2.05) is 6.07 Å². The van der Waals surface area contributed by atoms with E-state index < -0.39 is 0 Å². The maximum atomic E-state index is 6.05. The zero-order chi connectivity index (χ0) is 14.7. The maximum Gasteiger partial charge on any atom is 0.134 e. The number of hydrogen-bond donors (Lipinski definition) is 1. The summed E-state index contributed by atoms with van der Waals surface area (Å²) in [6.07, 6.45) is 5.46. The Hall–Kier alpha value is -1.74. The summed E-state index contributed by atoms with van der Waals surface area (Å²) in [5.74, 6) is 1.95. The summed E-state index contributed by atoms with van der Waals surface area (Å²) in [5.41, 5.74) is 2.19. The minimum absolute atomic E-state index is 0.0259. The second-order valence-electron chi connectivity index (χ2n) is 5.67. The zero-order valence-corrected chi connectivity index (χ0v) is 12.8. The molecule has 1 aromatic carbocycles. The molecule has 0 spiro atoms. The van der Waals surface area contributed by atoms with Crippen LogP contribution in [0.2, 0.25) is 0 Å². The van der Waals surface area contributed by atoms with Crippen molar-refractivity contribution in [3.05, 3.63) is 47.4 Å². The van der Waals surface area contributed by atoms with Crippen molar-refractivity contribution < 1.29 is 9.15 Å². The van der Waals surface area contributed by atoms with Crippen LogP contribution in [-0.4, -0.2) is 13.2 Å². The first kappa shape index (κ1) is 14.2. The minimum Gasteiger partial charge on any atom is -0.496 e. The first-order valence-electron chi connectivity index (χ1n) is 7.84. The Morgan fingerprint density at radius 1 is 1.29 bits per heavy atom. The lowest BCUT2D eigenvalue weighted by molar-refractivity contribution is 0.162. The molecule has 21 heavy (non-hydrogen) atoms. The predicted octanol–water partition coefficient (Wildman–Crippen LogP) is 4.48. The molecule has 1 unspecified atom stereocenters. The summed E-state index contributed by atoms with van der Waals surface area (Å²) < 4.78 is 11.9. The SMILES string of the molecule is CCCNC(C1=CCCCO1)c1cc2cc(C)ccc2o1. The lowest BCUT2D eigenvalue weighted by Crippen LogP contribution is -2.25. The van der Waals surface area contributed by atoms with Crippen LogP contribution >= 0.6 is 0 Å². The number of allylic oxidation sites excluding steroid dienone is 1. The molecule has 1 aliphatic rings. The van der Waals surface area contributed by atoms with Crippen LogP contribution in [0.5, 0.6) is 0 Å². The van der Waals surface area contributed by atoms with Crippen molar-refractivity contribution in [1.82, 2.24) is 5.32 Å². The van der Waals surface area contributed by atoms with Gasteiger partial charge in [0.2, 0.25) is 0 Å². The molecule has 2 heterocycles. The number of benzene rings is 1. The Bertz CT molecular complexity index is 642. The summed E-state index contributed by atoms with van der Waals surface area (Å²) in [5, 5.41) is 4.70. The number of rotatable bonds is 5. The molecule has 0 saturated heterocycles. The summed E-state index contributed by atoms with van der Waals surface area (Å²) in [7, 11) is 0. The van der Waals surface area contributed by atoms with Gasteiger partial charge in [-0.15, -0.1) is 0 Å². The first-order valence-corrected chi connectivity index (χ1v) is 7.84. The van der Waals surface area contributed by atoms with Crippen molar-refractivity contribution in [1.29, 1.82) is 0 Å². The largest absolute Gasteiger partial charge is 0.496 e. The van der Waals surface area contributed by atoms with Crippen molar-refractivity contribution >= 4 is 11.0 Å². The number of hydrogen-bond acceptors (Lipinski definition) is 3. The van der Waals surface area contributed by atoms with Gasteiger partial charge in [-0.3, -0.25) is 0 Å². The van der Waals surface area contributed by atoms with Gasteiger partial charge < -0.3 is 14.5 Å². The van der Waals surface area contributed by atoms with Crippen molar-refractivity contribution in [3.8, 4) is 0 Å². The average molecular weight is 285 g/mol. The topological polar surface area (TPSA) is 34.4 Å². The smallest absolute Gasteiger partial charge is 0.134 e. The van der Waals surface area contributed by atoms with E-state index in [1.165, 1.54) is 5.56 Å². The highest BCUT2D eigenvalue weighted by Crippen LogP contribution is 2.31. The molecule has 2 aromatic rings. The highest BCUT2D eigenvalue weighted by Gasteiger charge is 2.23. The molecule has 0 saturated carbocycles. The standard InChI is InChI=1S/C18H23NO2/c1-3-9-19-18(16-6-4-5-10-20-16)17-12-14-11-13(2)7-8-15(14)21-17/h6-8,11-12,18-19H,3-5,9-10H2,1-2H3. The molecule has 1 atom stereocenters. The van der Waals surface area contributed by atoms with E-state index in [-0.39, 0.29) is 6.04 Å². The van der Waals surface area contributed by atoms with Crippen LogP contribution < -0.4 is 5.32 Å². The number of nitrogens with one attached hydrogen (secondary N) is 1. The van der Waals surface area contributed by atoms with Crippen molar-refractivity contribution in [3.63, 3.8) is 0 Å². The van der Waals surface area contributed by atoms with E-state index >= 15 is 0 Å². The molecule has 3 heteroatoms. The predicted molar refractivity (Wildman–Crippen MR) is 85.3 cm³/mol. The number of furan rings is 1. The molecule has 0 radical (unpaired) electrons. The molecule has 1 N–H and O–H groups in total. The Morgan fingerprint density at radius 2 is 2.19 bits per heavy atom. The van der Waals surface area contributed by atoms with E-state index in [4.69, 9.17) is 9.15 Å².